The van der Waals surface area contributed by atoms with Crippen LogP contribution in [0, 0.1) is 0 Å². The smallest absolute Gasteiger partial charge is 0.130 e. The van der Waals surface area contributed by atoms with Crippen LogP contribution >= 0.6 is 11.6 Å². The molecule has 3 nitrogen and oxygen atoms in total. The molecule has 0 fully saturated rings. The summed E-state index contributed by atoms with van der Waals surface area (Å²) in [6, 6.07) is 14.0. The molecule has 96 valence electrons. The van der Waals surface area contributed by atoms with Gasteiger partial charge >= 0.3 is 0 Å². The van der Waals surface area contributed by atoms with Gasteiger partial charge in [0.1, 0.15) is 10.8 Å². The normalized spacial score (nSPS) is 14.6. The van der Waals surface area contributed by atoms with Crippen molar-refractivity contribution in [2.45, 2.75) is 0 Å². The summed E-state index contributed by atoms with van der Waals surface area (Å²) in [6.07, 6.45) is 0. The Morgan fingerprint density at radius 1 is 1.11 bits per heavy atom. The number of nitrogens with zero attached hydrogens (tertiary/aromatic N) is 3. The lowest BCUT2D eigenvalue weighted by molar-refractivity contribution is 0.895. The van der Waals surface area contributed by atoms with Crippen molar-refractivity contribution in [3.63, 3.8) is 0 Å². The van der Waals surface area contributed by atoms with Crippen LogP contribution in [0.1, 0.15) is 11.3 Å². The van der Waals surface area contributed by atoms with E-state index in [9.17, 15) is 0 Å². The van der Waals surface area contributed by atoms with Crippen LogP contribution in [0.25, 0.3) is 0 Å². The van der Waals surface area contributed by atoms with Crippen molar-refractivity contribution in [1.29, 1.82) is 0 Å². The first kappa shape index (κ1) is 12.2. The topological polar surface area (TPSA) is 28.5 Å². The monoisotopic (exact) mass is 271 g/mol. The van der Waals surface area contributed by atoms with Crippen LogP contribution in [0.5, 0.6) is 0 Å². The van der Waals surface area contributed by atoms with E-state index in [-0.39, 0.29) is 0 Å². The summed E-state index contributed by atoms with van der Waals surface area (Å²) < 4.78 is 0. The molecular formula is C15H14ClN3. The molecule has 1 aromatic heterocycles. The van der Waals surface area contributed by atoms with Gasteiger partial charge in [-0.15, -0.1) is 0 Å². The Kier molecular flexibility index (Phi) is 3.22. The van der Waals surface area contributed by atoms with Crippen molar-refractivity contribution in [2.75, 3.05) is 25.0 Å². The van der Waals surface area contributed by atoms with Crippen LogP contribution in [0.2, 0.25) is 5.15 Å². The highest BCUT2D eigenvalue weighted by molar-refractivity contribution is 6.30. The third kappa shape index (κ3) is 2.34. The number of anilines is 1. The average Bonchev–Trinajstić information content (AvgIpc) is 2.59. The van der Waals surface area contributed by atoms with Crippen LogP contribution in [-0.2, 0) is 0 Å². The van der Waals surface area contributed by atoms with Gasteiger partial charge in [0.05, 0.1) is 17.9 Å². The number of aromatic nitrogens is 1. The molecule has 0 N–H and O–H groups in total. The first-order valence-electron chi connectivity index (χ1n) is 6.23. The number of benzene rings is 1. The number of halogens is 1. The summed E-state index contributed by atoms with van der Waals surface area (Å²) in [5, 5.41) is 0.498. The van der Waals surface area contributed by atoms with Crippen molar-refractivity contribution in [3.8, 4) is 0 Å². The van der Waals surface area contributed by atoms with Crippen LogP contribution < -0.4 is 4.90 Å². The number of aliphatic imine (C=N–C) groups is 1. The van der Waals surface area contributed by atoms with Crippen molar-refractivity contribution in [3.05, 3.63) is 58.9 Å². The summed E-state index contributed by atoms with van der Waals surface area (Å²) in [5.74, 6) is 0. The third-order valence-corrected chi connectivity index (χ3v) is 3.44. The molecule has 0 aliphatic carbocycles. The van der Waals surface area contributed by atoms with Gasteiger partial charge in [0, 0.05) is 19.2 Å². The molecule has 1 aliphatic rings. The van der Waals surface area contributed by atoms with E-state index < -0.39 is 0 Å². The fourth-order valence-electron chi connectivity index (χ4n) is 2.24. The maximum absolute atomic E-state index is 6.05. The van der Waals surface area contributed by atoms with Crippen LogP contribution in [0.3, 0.4) is 0 Å². The highest BCUT2D eigenvalue weighted by atomic mass is 35.5. The lowest BCUT2D eigenvalue weighted by atomic mass is 10.1. The molecule has 0 radical (unpaired) electrons. The fourth-order valence-corrected chi connectivity index (χ4v) is 2.39. The second-order valence-electron chi connectivity index (χ2n) is 4.52. The summed E-state index contributed by atoms with van der Waals surface area (Å²) in [4.78, 5) is 11.3. The van der Waals surface area contributed by atoms with E-state index in [1.165, 1.54) is 0 Å². The molecule has 0 amide bonds. The van der Waals surface area contributed by atoms with Crippen LogP contribution in [0.4, 0.5) is 5.69 Å². The lowest BCUT2D eigenvalue weighted by Gasteiger charge is -2.18. The molecule has 19 heavy (non-hydrogen) atoms. The number of likely N-dealkylation sites (N-methyl/N-ethyl adjacent to an activating group) is 1. The van der Waals surface area contributed by atoms with Gasteiger partial charge in [0.2, 0.25) is 0 Å². The first-order valence-corrected chi connectivity index (χ1v) is 6.61. The van der Waals surface area contributed by atoms with Gasteiger partial charge in [-0.3, -0.25) is 4.99 Å². The molecule has 0 unspecified atom stereocenters. The van der Waals surface area contributed by atoms with Gasteiger partial charge < -0.3 is 4.90 Å². The molecule has 2 heterocycles. The van der Waals surface area contributed by atoms with E-state index in [4.69, 9.17) is 11.6 Å². The average molecular weight is 272 g/mol. The number of hydrogen-bond acceptors (Lipinski definition) is 3. The number of fused-ring (bicyclic) bond motifs is 1. The van der Waals surface area contributed by atoms with E-state index in [0.29, 0.717) is 5.15 Å². The standard InChI is InChI=1S/C15H14ClN3/c1-19-10-9-17-14(11-5-3-2-4-6-11)15-12(19)7-8-13(16)18-15/h2-8H,9-10H2,1H3. The Morgan fingerprint density at radius 3 is 2.68 bits per heavy atom. The van der Waals surface area contributed by atoms with Crippen LogP contribution in [-0.4, -0.2) is 30.8 Å². The number of hydrogen-bond donors (Lipinski definition) is 0. The van der Waals surface area contributed by atoms with Gasteiger partial charge in [-0.05, 0) is 12.1 Å². The molecule has 0 atom stereocenters. The van der Waals surface area contributed by atoms with Gasteiger partial charge in [0.15, 0.2) is 0 Å². The highest BCUT2D eigenvalue weighted by Gasteiger charge is 2.19. The molecule has 1 aliphatic heterocycles. The second kappa shape index (κ2) is 5.02. The fraction of sp³-hybridized carbons (Fsp3) is 0.200. The van der Waals surface area contributed by atoms with Crippen molar-refractivity contribution >= 4 is 23.0 Å². The summed E-state index contributed by atoms with van der Waals surface area (Å²) >= 11 is 6.05. The second-order valence-corrected chi connectivity index (χ2v) is 4.91. The molecule has 1 aromatic carbocycles. The Hall–Kier alpha value is -1.87. The minimum Gasteiger partial charge on any atom is -0.371 e. The predicted molar refractivity (Wildman–Crippen MR) is 79.5 cm³/mol. The maximum Gasteiger partial charge on any atom is 0.130 e. The summed E-state index contributed by atoms with van der Waals surface area (Å²) in [6.45, 7) is 1.64. The lowest BCUT2D eigenvalue weighted by Crippen LogP contribution is -2.20. The SMILES string of the molecule is CN1CCN=C(c2ccccc2)c2nc(Cl)ccc21. The van der Waals surface area contributed by atoms with Crippen molar-refractivity contribution in [1.82, 2.24) is 4.98 Å². The van der Waals surface area contributed by atoms with E-state index in [1.807, 2.05) is 30.3 Å². The third-order valence-electron chi connectivity index (χ3n) is 3.23. The van der Waals surface area contributed by atoms with E-state index in [1.54, 1.807) is 0 Å². The minimum absolute atomic E-state index is 0.498. The largest absolute Gasteiger partial charge is 0.371 e. The van der Waals surface area contributed by atoms with Gasteiger partial charge in [-0.2, -0.15) is 0 Å². The summed E-state index contributed by atoms with van der Waals surface area (Å²) in [7, 11) is 2.05. The Bertz CT molecular complexity index is 623. The van der Waals surface area contributed by atoms with E-state index in [0.717, 1.165) is 35.7 Å². The zero-order chi connectivity index (χ0) is 13.2. The van der Waals surface area contributed by atoms with Gasteiger partial charge in [-0.1, -0.05) is 41.9 Å². The molecular weight excluding hydrogens is 258 g/mol. The number of pyridine rings is 1. The van der Waals surface area contributed by atoms with Crippen molar-refractivity contribution in [2.24, 2.45) is 4.99 Å². The Labute approximate surface area is 117 Å². The van der Waals surface area contributed by atoms with Crippen LogP contribution in [0.15, 0.2) is 47.5 Å². The van der Waals surface area contributed by atoms with Gasteiger partial charge in [0.25, 0.3) is 0 Å². The molecule has 0 saturated heterocycles. The van der Waals surface area contributed by atoms with E-state index >= 15 is 0 Å². The zero-order valence-corrected chi connectivity index (χ0v) is 11.4. The van der Waals surface area contributed by atoms with E-state index in [2.05, 4.69) is 34.1 Å². The molecule has 2 aromatic rings. The summed E-state index contributed by atoms with van der Waals surface area (Å²) in [5.41, 5.74) is 3.93. The maximum atomic E-state index is 6.05. The Balaban J connectivity index is 2.18. The predicted octanol–water partition coefficient (Wildman–Crippen LogP) is 3.02. The molecule has 0 spiro atoms. The molecule has 0 bridgehead atoms. The number of rotatable bonds is 1. The molecule has 4 heteroatoms. The zero-order valence-electron chi connectivity index (χ0n) is 10.7. The van der Waals surface area contributed by atoms with Crippen molar-refractivity contribution < 1.29 is 0 Å². The quantitative estimate of drug-likeness (QED) is 0.746. The van der Waals surface area contributed by atoms with Gasteiger partial charge in [-0.25, -0.2) is 4.98 Å². The Morgan fingerprint density at radius 2 is 1.89 bits per heavy atom. The minimum atomic E-state index is 0.498. The molecule has 0 saturated carbocycles. The molecule has 3 rings (SSSR count). The first-order chi connectivity index (χ1) is 9.25. The highest BCUT2D eigenvalue weighted by Crippen LogP contribution is 2.25.